The number of H-pyrrole nitrogens is 1. The predicted molar refractivity (Wildman–Crippen MR) is 113 cm³/mol. The maximum atomic E-state index is 13.6. The zero-order valence-electron chi connectivity index (χ0n) is 16.3. The zero-order valence-corrected chi connectivity index (χ0v) is 16.3. The third kappa shape index (κ3) is 2.98. The van der Waals surface area contributed by atoms with Crippen LogP contribution in [0.5, 0.6) is 0 Å². The van der Waals surface area contributed by atoms with Crippen LogP contribution in [0.2, 0.25) is 0 Å². The lowest BCUT2D eigenvalue weighted by Gasteiger charge is -2.24. The number of nitro benzene ring substituents is 1. The average molecular weight is 403 g/mol. The van der Waals surface area contributed by atoms with Crippen LogP contribution in [0.3, 0.4) is 0 Å². The largest absolute Gasteiger partial charge is 0.335 e. The van der Waals surface area contributed by atoms with Crippen LogP contribution in [-0.2, 0) is 0 Å². The molecule has 3 unspecified atom stereocenters. The van der Waals surface area contributed by atoms with Gasteiger partial charge in [0.15, 0.2) is 0 Å². The summed E-state index contributed by atoms with van der Waals surface area (Å²) >= 11 is 0. The first-order valence-corrected chi connectivity index (χ1v) is 10.2. The molecule has 1 aliphatic heterocycles. The Hall–Kier alpha value is -3.48. The molecule has 2 aliphatic rings. The van der Waals surface area contributed by atoms with Crippen molar-refractivity contribution in [1.29, 1.82) is 0 Å². The molecule has 2 aromatic carbocycles. The van der Waals surface area contributed by atoms with Crippen molar-refractivity contribution in [2.24, 2.45) is 5.92 Å². The van der Waals surface area contributed by atoms with Gasteiger partial charge in [0.2, 0.25) is 5.56 Å². The third-order valence-corrected chi connectivity index (χ3v) is 6.60. The summed E-state index contributed by atoms with van der Waals surface area (Å²) in [6.45, 7) is 0.599. The molecule has 0 spiro atoms. The van der Waals surface area contributed by atoms with Crippen molar-refractivity contribution >= 4 is 22.5 Å². The van der Waals surface area contributed by atoms with Gasteiger partial charge in [-0.3, -0.25) is 19.7 Å². The summed E-state index contributed by atoms with van der Waals surface area (Å²) in [6, 6.07) is 15.9. The fraction of sp³-hybridized carbons (Fsp3) is 0.304. The van der Waals surface area contributed by atoms with Gasteiger partial charge < -0.3 is 9.88 Å². The number of pyridine rings is 1. The number of hydrogen-bond donors (Lipinski definition) is 1. The quantitative estimate of drug-likeness (QED) is 0.531. The number of amides is 1. The van der Waals surface area contributed by atoms with Crippen molar-refractivity contribution < 1.29 is 9.72 Å². The van der Waals surface area contributed by atoms with Crippen molar-refractivity contribution in [1.82, 2.24) is 9.88 Å². The van der Waals surface area contributed by atoms with Gasteiger partial charge in [0, 0.05) is 47.6 Å². The Morgan fingerprint density at radius 2 is 1.90 bits per heavy atom. The summed E-state index contributed by atoms with van der Waals surface area (Å²) in [6.07, 6.45) is 3.10. The molecule has 30 heavy (non-hydrogen) atoms. The molecule has 1 amide bonds. The van der Waals surface area contributed by atoms with Crippen LogP contribution in [0.15, 0.2) is 59.4 Å². The second-order valence-electron chi connectivity index (χ2n) is 8.17. The van der Waals surface area contributed by atoms with Crippen molar-refractivity contribution in [3.8, 4) is 0 Å². The number of fused-ring (bicyclic) bond motifs is 2. The third-order valence-electron chi connectivity index (χ3n) is 6.60. The molecular formula is C23H21N3O4. The van der Waals surface area contributed by atoms with Crippen LogP contribution in [0, 0.1) is 16.0 Å². The number of nitrogens with one attached hydrogen (secondary N) is 1. The first-order valence-electron chi connectivity index (χ1n) is 10.2. The number of nitro groups is 1. The Bertz CT molecular complexity index is 1200. The van der Waals surface area contributed by atoms with Crippen LogP contribution in [0.4, 0.5) is 5.69 Å². The Kier molecular flexibility index (Phi) is 4.38. The Labute approximate surface area is 172 Å². The Morgan fingerprint density at radius 1 is 1.10 bits per heavy atom. The maximum Gasteiger partial charge on any atom is 0.270 e. The molecule has 1 aliphatic carbocycles. The van der Waals surface area contributed by atoms with Crippen molar-refractivity contribution in [3.05, 3.63) is 86.2 Å². The second kappa shape index (κ2) is 7.09. The van der Waals surface area contributed by atoms with E-state index in [2.05, 4.69) is 17.1 Å². The van der Waals surface area contributed by atoms with E-state index in [0.717, 1.165) is 19.3 Å². The van der Waals surface area contributed by atoms with E-state index in [1.165, 1.54) is 29.8 Å². The van der Waals surface area contributed by atoms with Crippen LogP contribution in [-0.4, -0.2) is 33.3 Å². The van der Waals surface area contributed by atoms with E-state index in [9.17, 15) is 19.7 Å². The summed E-state index contributed by atoms with van der Waals surface area (Å²) in [4.78, 5) is 41.1. The fourth-order valence-corrected chi connectivity index (χ4v) is 5.28. The number of non-ortho nitro benzene ring substituents is 1. The molecule has 0 bridgehead atoms. The molecule has 2 heterocycles. The molecule has 2 fully saturated rings. The van der Waals surface area contributed by atoms with Gasteiger partial charge in [0.25, 0.3) is 11.6 Å². The van der Waals surface area contributed by atoms with Gasteiger partial charge in [-0.2, -0.15) is 0 Å². The fourth-order valence-electron chi connectivity index (χ4n) is 5.28. The average Bonchev–Trinajstić information content (AvgIpc) is 3.35. The Balaban J connectivity index is 1.57. The van der Waals surface area contributed by atoms with E-state index < -0.39 is 4.92 Å². The van der Waals surface area contributed by atoms with Crippen LogP contribution in [0.1, 0.15) is 41.1 Å². The number of aromatic amines is 1. The summed E-state index contributed by atoms with van der Waals surface area (Å²) in [7, 11) is 0. The highest BCUT2D eigenvalue weighted by Crippen LogP contribution is 2.46. The van der Waals surface area contributed by atoms with Crippen molar-refractivity contribution in [2.75, 3.05) is 6.54 Å². The SMILES string of the molecule is O=C(c1cc(=O)[nH]c2ccc([N+](=O)[O-])cc12)N1CC(c2ccccc2)C2CCCC21. The molecule has 1 aromatic heterocycles. The highest BCUT2D eigenvalue weighted by Gasteiger charge is 2.47. The molecule has 5 rings (SSSR count). The number of hydrogen-bond acceptors (Lipinski definition) is 4. The number of aromatic nitrogens is 1. The van der Waals surface area contributed by atoms with Gasteiger partial charge in [-0.1, -0.05) is 36.8 Å². The predicted octanol–water partition coefficient (Wildman–Crippen LogP) is 3.84. The number of carbonyl (C=O) groups excluding carboxylic acids is 1. The molecular weight excluding hydrogens is 382 g/mol. The lowest BCUT2D eigenvalue weighted by Crippen LogP contribution is -2.36. The number of carbonyl (C=O) groups is 1. The normalized spacial score (nSPS) is 22.9. The van der Waals surface area contributed by atoms with E-state index in [-0.39, 0.29) is 34.7 Å². The van der Waals surface area contributed by atoms with Crippen molar-refractivity contribution in [3.63, 3.8) is 0 Å². The van der Waals surface area contributed by atoms with E-state index in [1.807, 2.05) is 23.1 Å². The summed E-state index contributed by atoms with van der Waals surface area (Å²) in [5, 5.41) is 11.6. The lowest BCUT2D eigenvalue weighted by atomic mass is 9.87. The van der Waals surface area contributed by atoms with Gasteiger partial charge in [0.1, 0.15) is 0 Å². The minimum Gasteiger partial charge on any atom is -0.335 e. The standard InChI is InChI=1S/C23H21N3O4/c27-22-12-18(17-11-15(26(29)30)9-10-20(17)24-22)23(28)25-13-19(14-5-2-1-3-6-14)16-7-4-8-21(16)25/h1-3,5-6,9-12,16,19,21H,4,7-8,13H2,(H,24,27). The maximum absolute atomic E-state index is 13.6. The summed E-state index contributed by atoms with van der Waals surface area (Å²) in [5.74, 6) is 0.450. The van der Waals surface area contributed by atoms with E-state index in [0.29, 0.717) is 23.4 Å². The smallest absolute Gasteiger partial charge is 0.270 e. The lowest BCUT2D eigenvalue weighted by molar-refractivity contribution is -0.384. The first-order chi connectivity index (χ1) is 14.5. The summed E-state index contributed by atoms with van der Waals surface area (Å²) < 4.78 is 0. The molecule has 1 saturated heterocycles. The number of nitrogens with zero attached hydrogens (tertiary/aromatic N) is 2. The highest BCUT2D eigenvalue weighted by atomic mass is 16.6. The minimum absolute atomic E-state index is 0.106. The molecule has 1 N–H and O–H groups in total. The second-order valence-corrected chi connectivity index (χ2v) is 8.17. The van der Waals surface area contributed by atoms with Gasteiger partial charge in [-0.15, -0.1) is 0 Å². The topological polar surface area (TPSA) is 96.3 Å². The number of benzene rings is 2. The molecule has 3 atom stereocenters. The van der Waals surface area contributed by atoms with E-state index in [4.69, 9.17) is 0 Å². The van der Waals surface area contributed by atoms with Crippen molar-refractivity contribution in [2.45, 2.75) is 31.2 Å². The van der Waals surface area contributed by atoms with Crippen LogP contribution in [0.25, 0.3) is 10.9 Å². The summed E-state index contributed by atoms with van der Waals surface area (Å²) in [5.41, 5.74) is 1.40. The monoisotopic (exact) mass is 403 g/mol. The molecule has 0 radical (unpaired) electrons. The molecule has 1 saturated carbocycles. The molecule has 7 heteroatoms. The van der Waals surface area contributed by atoms with Crippen LogP contribution >= 0.6 is 0 Å². The Morgan fingerprint density at radius 3 is 2.67 bits per heavy atom. The number of likely N-dealkylation sites (tertiary alicyclic amines) is 1. The minimum atomic E-state index is -0.493. The van der Waals surface area contributed by atoms with Gasteiger partial charge >= 0.3 is 0 Å². The van der Waals surface area contributed by atoms with E-state index >= 15 is 0 Å². The highest BCUT2D eigenvalue weighted by molar-refractivity contribution is 6.06. The molecule has 7 nitrogen and oxygen atoms in total. The van der Waals surface area contributed by atoms with Gasteiger partial charge in [-0.05, 0) is 30.4 Å². The first kappa shape index (κ1) is 18.5. The van der Waals surface area contributed by atoms with Gasteiger partial charge in [0.05, 0.1) is 10.5 Å². The zero-order chi connectivity index (χ0) is 20.8. The molecule has 152 valence electrons. The van der Waals surface area contributed by atoms with Crippen LogP contribution < -0.4 is 5.56 Å². The molecule has 3 aromatic rings. The van der Waals surface area contributed by atoms with Gasteiger partial charge in [-0.25, -0.2) is 0 Å². The van der Waals surface area contributed by atoms with E-state index in [1.54, 1.807) is 0 Å². The number of rotatable bonds is 3.